The summed E-state index contributed by atoms with van der Waals surface area (Å²) in [5, 5.41) is 3.95. The monoisotopic (exact) mass is 225 g/mol. The van der Waals surface area contributed by atoms with Gasteiger partial charge in [0.2, 0.25) is 0 Å². The lowest BCUT2D eigenvalue weighted by Gasteiger charge is -2.20. The smallest absolute Gasteiger partial charge is 0.313 e. The number of carbonyl (C=O) groups excluding carboxylic acids is 2. The van der Waals surface area contributed by atoms with Crippen LogP contribution in [0.15, 0.2) is 12.4 Å². The minimum absolute atomic E-state index is 0.320. The number of nitrogens with zero attached hydrogens (tertiary/aromatic N) is 2. The largest absolute Gasteiger partial charge is 0.469 e. The van der Waals surface area contributed by atoms with E-state index in [4.69, 9.17) is 5.73 Å². The Morgan fingerprint density at radius 2 is 2.19 bits per heavy atom. The van der Waals surface area contributed by atoms with E-state index in [0.717, 1.165) is 0 Å². The van der Waals surface area contributed by atoms with E-state index in [9.17, 15) is 9.59 Å². The molecule has 0 spiro atoms. The fourth-order valence-corrected chi connectivity index (χ4v) is 1.32. The molecule has 1 rings (SSSR count). The maximum absolute atomic E-state index is 11.4. The molecule has 16 heavy (non-hydrogen) atoms. The fourth-order valence-electron chi connectivity index (χ4n) is 1.32. The summed E-state index contributed by atoms with van der Waals surface area (Å²) < 4.78 is 6.17. The van der Waals surface area contributed by atoms with E-state index in [2.05, 4.69) is 9.84 Å². The Balaban J connectivity index is 2.80. The van der Waals surface area contributed by atoms with Crippen molar-refractivity contribution < 1.29 is 14.3 Å². The van der Waals surface area contributed by atoms with Gasteiger partial charge in [0.1, 0.15) is 0 Å². The summed E-state index contributed by atoms with van der Waals surface area (Å²) >= 11 is 0. The molecule has 0 unspecified atom stereocenters. The molecule has 0 radical (unpaired) electrons. The third kappa shape index (κ3) is 2.59. The summed E-state index contributed by atoms with van der Waals surface area (Å²) in [6.45, 7) is 3.81. The lowest BCUT2D eigenvalue weighted by atomic mass is 9.94. The van der Waals surface area contributed by atoms with Crippen molar-refractivity contribution in [3.05, 3.63) is 18.0 Å². The molecular formula is C10H15N3O3. The number of nitrogens with two attached hydrogens (primary N) is 1. The van der Waals surface area contributed by atoms with Gasteiger partial charge in [0.25, 0.3) is 5.91 Å². The van der Waals surface area contributed by atoms with E-state index in [1.54, 1.807) is 13.8 Å². The number of rotatable bonds is 4. The molecule has 88 valence electrons. The van der Waals surface area contributed by atoms with Crippen LogP contribution in [0.25, 0.3) is 0 Å². The molecule has 2 N–H and O–H groups in total. The lowest BCUT2D eigenvalue weighted by molar-refractivity contribution is -0.151. The second-order valence-electron chi connectivity index (χ2n) is 4.17. The molecule has 0 atom stereocenters. The van der Waals surface area contributed by atoms with Crippen LogP contribution >= 0.6 is 0 Å². The Morgan fingerprint density at radius 3 is 2.62 bits per heavy atom. The van der Waals surface area contributed by atoms with E-state index in [-0.39, 0.29) is 5.97 Å². The average Bonchev–Trinajstić information content (AvgIpc) is 2.64. The van der Waals surface area contributed by atoms with E-state index in [0.29, 0.717) is 12.1 Å². The normalized spacial score (nSPS) is 11.2. The summed E-state index contributed by atoms with van der Waals surface area (Å²) in [5.74, 6) is -0.870. The topological polar surface area (TPSA) is 87.2 Å². The van der Waals surface area contributed by atoms with Gasteiger partial charge in [-0.3, -0.25) is 14.3 Å². The average molecular weight is 225 g/mol. The van der Waals surface area contributed by atoms with E-state index < -0.39 is 11.3 Å². The highest BCUT2D eigenvalue weighted by molar-refractivity contribution is 5.92. The molecule has 0 aliphatic heterocycles. The van der Waals surface area contributed by atoms with Crippen molar-refractivity contribution in [2.75, 3.05) is 7.11 Å². The van der Waals surface area contributed by atoms with Crippen molar-refractivity contribution in [2.24, 2.45) is 11.1 Å². The number of amides is 1. The van der Waals surface area contributed by atoms with Crippen LogP contribution in [0.3, 0.4) is 0 Å². The number of hydrogen-bond donors (Lipinski definition) is 1. The first-order chi connectivity index (χ1) is 7.36. The molecule has 1 aromatic heterocycles. The first-order valence-electron chi connectivity index (χ1n) is 4.77. The van der Waals surface area contributed by atoms with Gasteiger partial charge < -0.3 is 10.5 Å². The maximum Gasteiger partial charge on any atom is 0.313 e. The van der Waals surface area contributed by atoms with Gasteiger partial charge in [-0.15, -0.1) is 0 Å². The van der Waals surface area contributed by atoms with Crippen LogP contribution in [0, 0.1) is 5.41 Å². The Bertz CT molecular complexity index is 409. The zero-order valence-corrected chi connectivity index (χ0v) is 9.56. The molecule has 0 aliphatic rings. The van der Waals surface area contributed by atoms with Crippen LogP contribution in [0.2, 0.25) is 0 Å². The predicted octanol–water partition coefficient (Wildman–Crippen LogP) is 0.181. The van der Waals surface area contributed by atoms with Crippen molar-refractivity contribution in [2.45, 2.75) is 20.4 Å². The number of aromatic nitrogens is 2. The van der Waals surface area contributed by atoms with E-state index in [1.165, 1.54) is 24.2 Å². The standard InChI is InChI=1S/C10H15N3O3/c1-10(2,9(15)16-3)6-13-5-7(4-12-13)8(11)14/h4-5H,6H2,1-3H3,(H2,11,14). The predicted molar refractivity (Wildman–Crippen MR) is 56.5 cm³/mol. The third-order valence-electron chi connectivity index (χ3n) is 2.21. The Labute approximate surface area is 93.4 Å². The van der Waals surface area contributed by atoms with Gasteiger partial charge >= 0.3 is 5.97 Å². The third-order valence-corrected chi connectivity index (χ3v) is 2.21. The second kappa shape index (κ2) is 4.34. The zero-order valence-electron chi connectivity index (χ0n) is 9.56. The summed E-state index contributed by atoms with van der Waals surface area (Å²) in [7, 11) is 1.34. The number of carbonyl (C=O) groups is 2. The SMILES string of the molecule is COC(=O)C(C)(C)Cn1cc(C(N)=O)cn1. The van der Waals surface area contributed by atoms with E-state index in [1.807, 2.05) is 0 Å². The highest BCUT2D eigenvalue weighted by atomic mass is 16.5. The molecule has 0 saturated heterocycles. The number of ether oxygens (including phenoxy) is 1. The second-order valence-corrected chi connectivity index (χ2v) is 4.17. The Kier molecular flexibility index (Phi) is 3.31. The molecule has 0 aliphatic carbocycles. The molecule has 0 saturated carbocycles. The summed E-state index contributed by atoms with van der Waals surface area (Å²) in [5.41, 5.74) is 4.71. The Hall–Kier alpha value is -1.85. The molecular weight excluding hydrogens is 210 g/mol. The number of hydrogen-bond acceptors (Lipinski definition) is 4. The maximum atomic E-state index is 11.4. The van der Waals surface area contributed by atoms with Crippen LogP contribution in [0.4, 0.5) is 0 Å². The van der Waals surface area contributed by atoms with Crippen LogP contribution in [-0.4, -0.2) is 28.8 Å². The van der Waals surface area contributed by atoms with Crippen LogP contribution in [0.5, 0.6) is 0 Å². The zero-order chi connectivity index (χ0) is 12.3. The van der Waals surface area contributed by atoms with Crippen molar-refractivity contribution in [3.63, 3.8) is 0 Å². The minimum atomic E-state index is -0.699. The van der Waals surface area contributed by atoms with Crippen molar-refractivity contribution >= 4 is 11.9 Å². The van der Waals surface area contributed by atoms with Crippen LogP contribution < -0.4 is 5.73 Å². The summed E-state index contributed by atoms with van der Waals surface area (Å²) in [6.07, 6.45) is 2.88. The number of primary amides is 1. The van der Waals surface area contributed by atoms with Gasteiger partial charge in [-0.2, -0.15) is 5.10 Å². The molecule has 0 fully saturated rings. The van der Waals surface area contributed by atoms with Crippen molar-refractivity contribution in [1.82, 2.24) is 9.78 Å². The number of esters is 1. The summed E-state index contributed by atoms with van der Waals surface area (Å²) in [4.78, 5) is 22.3. The van der Waals surface area contributed by atoms with Crippen molar-refractivity contribution in [3.8, 4) is 0 Å². The van der Waals surface area contributed by atoms with Gasteiger partial charge in [0.05, 0.1) is 30.8 Å². The van der Waals surface area contributed by atoms with Gasteiger partial charge in [0.15, 0.2) is 0 Å². The fraction of sp³-hybridized carbons (Fsp3) is 0.500. The first kappa shape index (κ1) is 12.2. The molecule has 0 bridgehead atoms. The molecule has 1 aromatic rings. The lowest BCUT2D eigenvalue weighted by Crippen LogP contribution is -2.30. The van der Waals surface area contributed by atoms with Gasteiger partial charge in [0, 0.05) is 6.20 Å². The highest BCUT2D eigenvalue weighted by Gasteiger charge is 2.29. The van der Waals surface area contributed by atoms with Gasteiger partial charge in [-0.25, -0.2) is 0 Å². The van der Waals surface area contributed by atoms with Gasteiger partial charge in [-0.05, 0) is 13.8 Å². The molecule has 0 aromatic carbocycles. The van der Waals surface area contributed by atoms with Gasteiger partial charge in [-0.1, -0.05) is 0 Å². The molecule has 6 nitrogen and oxygen atoms in total. The van der Waals surface area contributed by atoms with E-state index >= 15 is 0 Å². The van der Waals surface area contributed by atoms with Crippen LogP contribution in [-0.2, 0) is 16.1 Å². The molecule has 1 amide bonds. The minimum Gasteiger partial charge on any atom is -0.469 e. The Morgan fingerprint density at radius 1 is 1.56 bits per heavy atom. The first-order valence-corrected chi connectivity index (χ1v) is 4.77. The summed E-state index contributed by atoms with van der Waals surface area (Å²) in [6, 6.07) is 0. The number of methoxy groups -OCH3 is 1. The quantitative estimate of drug-likeness (QED) is 0.740. The van der Waals surface area contributed by atoms with Crippen molar-refractivity contribution in [1.29, 1.82) is 0 Å². The van der Waals surface area contributed by atoms with Crippen LogP contribution in [0.1, 0.15) is 24.2 Å². The molecule has 6 heteroatoms. The highest BCUT2D eigenvalue weighted by Crippen LogP contribution is 2.19. The molecule has 1 heterocycles.